The quantitative estimate of drug-likeness (QED) is 0.452. The molecule has 2 heterocycles. The van der Waals surface area contributed by atoms with E-state index < -0.39 is 24.5 Å². The Morgan fingerprint density at radius 2 is 2.17 bits per heavy atom. The summed E-state index contributed by atoms with van der Waals surface area (Å²) in [6.07, 6.45) is 4.35. The fourth-order valence-electron chi connectivity index (χ4n) is 2.05. The van der Waals surface area contributed by atoms with Crippen LogP contribution in [0.4, 0.5) is 5.69 Å². The van der Waals surface area contributed by atoms with Gasteiger partial charge in [0.25, 0.3) is 5.91 Å². The minimum atomic E-state index is -1.08. The number of imidazole rings is 1. The Kier molecular flexibility index (Phi) is 4.02. The van der Waals surface area contributed by atoms with Crippen molar-refractivity contribution < 1.29 is 14.7 Å². The SMILES string of the molecule is O=C(N[C@@H](CO)C(=O)Nc1ccc2cn[nH]c2c1)c1cnc[nH]1. The van der Waals surface area contributed by atoms with Crippen LogP contribution in [0.2, 0.25) is 0 Å². The molecule has 0 saturated carbocycles. The molecule has 0 aliphatic carbocycles. The summed E-state index contributed by atoms with van der Waals surface area (Å²) in [5, 5.41) is 22.0. The molecule has 23 heavy (non-hydrogen) atoms. The highest BCUT2D eigenvalue weighted by molar-refractivity contribution is 6.01. The standard InChI is InChI=1S/C14H14N6O3/c21-6-12(19-13(22)11-5-15-7-16-11)14(23)18-9-2-1-8-4-17-20-10(8)3-9/h1-5,7,12,21H,6H2,(H,15,16)(H,17,20)(H,18,23)(H,19,22)/t12-/m0/s1. The predicted molar refractivity (Wildman–Crippen MR) is 81.7 cm³/mol. The Labute approximate surface area is 130 Å². The molecule has 0 saturated heterocycles. The van der Waals surface area contributed by atoms with Crippen LogP contribution >= 0.6 is 0 Å². The molecular weight excluding hydrogens is 300 g/mol. The van der Waals surface area contributed by atoms with Crippen LogP contribution in [-0.2, 0) is 4.79 Å². The van der Waals surface area contributed by atoms with E-state index in [2.05, 4.69) is 30.8 Å². The van der Waals surface area contributed by atoms with E-state index in [4.69, 9.17) is 0 Å². The van der Waals surface area contributed by atoms with Crippen molar-refractivity contribution in [2.24, 2.45) is 0 Å². The van der Waals surface area contributed by atoms with Crippen LogP contribution in [0.25, 0.3) is 10.9 Å². The maximum Gasteiger partial charge on any atom is 0.270 e. The number of aliphatic hydroxyl groups excluding tert-OH is 1. The van der Waals surface area contributed by atoms with Crippen LogP contribution in [0.3, 0.4) is 0 Å². The molecule has 3 aromatic rings. The second-order valence-electron chi connectivity index (χ2n) is 4.84. The first-order chi connectivity index (χ1) is 11.2. The number of H-pyrrole nitrogens is 2. The summed E-state index contributed by atoms with van der Waals surface area (Å²) < 4.78 is 0. The first-order valence-corrected chi connectivity index (χ1v) is 6.81. The molecule has 5 N–H and O–H groups in total. The number of hydrogen-bond acceptors (Lipinski definition) is 5. The number of aliphatic hydroxyl groups is 1. The third kappa shape index (κ3) is 3.19. The molecular formula is C14H14N6O3. The second-order valence-corrected chi connectivity index (χ2v) is 4.84. The maximum absolute atomic E-state index is 12.2. The average Bonchev–Trinajstić information content (AvgIpc) is 3.22. The van der Waals surface area contributed by atoms with Crippen molar-refractivity contribution in [2.45, 2.75) is 6.04 Å². The van der Waals surface area contributed by atoms with E-state index in [-0.39, 0.29) is 5.69 Å². The van der Waals surface area contributed by atoms with Gasteiger partial charge in [-0.25, -0.2) is 4.98 Å². The lowest BCUT2D eigenvalue weighted by atomic mass is 10.2. The molecule has 1 atom stereocenters. The molecule has 9 nitrogen and oxygen atoms in total. The molecule has 0 aliphatic heterocycles. The van der Waals surface area contributed by atoms with Crippen LogP contribution in [0.15, 0.2) is 36.9 Å². The number of benzene rings is 1. The van der Waals surface area contributed by atoms with Crippen molar-refractivity contribution in [1.82, 2.24) is 25.5 Å². The Balaban J connectivity index is 1.68. The summed E-state index contributed by atoms with van der Waals surface area (Å²) in [5.41, 5.74) is 1.50. The van der Waals surface area contributed by atoms with E-state index in [0.717, 1.165) is 10.9 Å². The zero-order valence-corrected chi connectivity index (χ0v) is 11.9. The molecule has 2 aromatic heterocycles. The zero-order valence-electron chi connectivity index (χ0n) is 11.9. The van der Waals surface area contributed by atoms with Gasteiger partial charge in [0.15, 0.2) is 0 Å². The van der Waals surface area contributed by atoms with E-state index in [1.54, 1.807) is 24.4 Å². The van der Waals surface area contributed by atoms with Gasteiger partial charge in [0, 0.05) is 11.1 Å². The number of fused-ring (bicyclic) bond motifs is 1. The number of carbonyl (C=O) groups is 2. The molecule has 3 rings (SSSR count). The van der Waals surface area contributed by atoms with Gasteiger partial charge in [0.05, 0.1) is 30.8 Å². The number of amides is 2. The van der Waals surface area contributed by atoms with Gasteiger partial charge in [-0.1, -0.05) is 0 Å². The molecule has 0 unspecified atom stereocenters. The Morgan fingerprint density at radius 3 is 2.91 bits per heavy atom. The van der Waals surface area contributed by atoms with Crippen LogP contribution in [0.1, 0.15) is 10.5 Å². The number of nitrogens with zero attached hydrogens (tertiary/aromatic N) is 2. The monoisotopic (exact) mass is 314 g/mol. The number of hydrogen-bond donors (Lipinski definition) is 5. The lowest BCUT2D eigenvalue weighted by Gasteiger charge is -2.15. The van der Waals surface area contributed by atoms with E-state index in [0.29, 0.717) is 5.69 Å². The molecule has 0 radical (unpaired) electrons. The summed E-state index contributed by atoms with van der Waals surface area (Å²) in [4.78, 5) is 30.4. The van der Waals surface area contributed by atoms with Crippen molar-refractivity contribution in [3.8, 4) is 0 Å². The van der Waals surface area contributed by atoms with Crippen molar-refractivity contribution in [3.05, 3.63) is 42.6 Å². The number of carbonyl (C=O) groups excluding carboxylic acids is 2. The van der Waals surface area contributed by atoms with Gasteiger partial charge in [-0.15, -0.1) is 0 Å². The largest absolute Gasteiger partial charge is 0.394 e. The summed E-state index contributed by atoms with van der Waals surface area (Å²) >= 11 is 0. The predicted octanol–water partition coefficient (Wildman–Crippen LogP) is 0.0154. The van der Waals surface area contributed by atoms with E-state index in [9.17, 15) is 14.7 Å². The Morgan fingerprint density at radius 1 is 1.30 bits per heavy atom. The lowest BCUT2D eigenvalue weighted by molar-refractivity contribution is -0.118. The van der Waals surface area contributed by atoms with Crippen molar-refractivity contribution >= 4 is 28.4 Å². The summed E-state index contributed by atoms with van der Waals surface area (Å²) in [6.45, 7) is -0.530. The summed E-state index contributed by atoms with van der Waals surface area (Å²) in [7, 11) is 0. The molecule has 118 valence electrons. The van der Waals surface area contributed by atoms with Gasteiger partial charge in [-0.2, -0.15) is 5.10 Å². The van der Waals surface area contributed by atoms with Crippen molar-refractivity contribution in [3.63, 3.8) is 0 Å². The van der Waals surface area contributed by atoms with Crippen LogP contribution in [0.5, 0.6) is 0 Å². The number of aromatic nitrogens is 4. The Hall–Kier alpha value is -3.20. The van der Waals surface area contributed by atoms with E-state index in [1.165, 1.54) is 12.5 Å². The molecule has 9 heteroatoms. The van der Waals surface area contributed by atoms with E-state index in [1.807, 2.05) is 0 Å². The minimum Gasteiger partial charge on any atom is -0.394 e. The molecule has 0 aliphatic rings. The second kappa shape index (κ2) is 6.28. The molecule has 0 fully saturated rings. The molecule has 1 aromatic carbocycles. The Bertz CT molecular complexity index is 826. The fraction of sp³-hybridized carbons (Fsp3) is 0.143. The van der Waals surface area contributed by atoms with Gasteiger partial charge < -0.3 is 20.7 Å². The maximum atomic E-state index is 12.2. The van der Waals surface area contributed by atoms with Crippen LogP contribution < -0.4 is 10.6 Å². The zero-order chi connectivity index (χ0) is 16.2. The first-order valence-electron chi connectivity index (χ1n) is 6.81. The van der Waals surface area contributed by atoms with E-state index >= 15 is 0 Å². The number of aromatic amines is 2. The first kappa shape index (κ1) is 14.7. The van der Waals surface area contributed by atoms with Gasteiger partial charge in [0.2, 0.25) is 5.91 Å². The molecule has 2 amide bonds. The van der Waals surface area contributed by atoms with Crippen molar-refractivity contribution in [1.29, 1.82) is 0 Å². The lowest BCUT2D eigenvalue weighted by Crippen LogP contribution is -2.46. The third-order valence-corrected chi connectivity index (χ3v) is 3.26. The highest BCUT2D eigenvalue weighted by atomic mass is 16.3. The smallest absolute Gasteiger partial charge is 0.270 e. The third-order valence-electron chi connectivity index (χ3n) is 3.26. The fourth-order valence-corrected chi connectivity index (χ4v) is 2.05. The van der Waals surface area contributed by atoms with Gasteiger partial charge in [-0.05, 0) is 18.2 Å². The highest BCUT2D eigenvalue weighted by Gasteiger charge is 2.21. The van der Waals surface area contributed by atoms with Crippen molar-refractivity contribution in [2.75, 3.05) is 11.9 Å². The number of nitrogens with one attached hydrogen (secondary N) is 4. The van der Waals surface area contributed by atoms with Crippen LogP contribution in [0, 0.1) is 0 Å². The summed E-state index contributed by atoms with van der Waals surface area (Å²) in [5.74, 6) is -1.06. The topological polar surface area (TPSA) is 136 Å². The normalized spacial score (nSPS) is 12.0. The van der Waals surface area contributed by atoms with Gasteiger partial charge in [-0.3, -0.25) is 14.7 Å². The molecule has 0 spiro atoms. The number of anilines is 1. The minimum absolute atomic E-state index is 0.204. The number of rotatable bonds is 5. The summed E-state index contributed by atoms with van der Waals surface area (Å²) in [6, 6.07) is 4.14. The highest BCUT2D eigenvalue weighted by Crippen LogP contribution is 2.16. The molecule has 0 bridgehead atoms. The van der Waals surface area contributed by atoms with Gasteiger partial charge in [0.1, 0.15) is 11.7 Å². The van der Waals surface area contributed by atoms with Crippen LogP contribution in [-0.4, -0.2) is 49.7 Å². The van der Waals surface area contributed by atoms with Gasteiger partial charge >= 0.3 is 0 Å². The average molecular weight is 314 g/mol.